The number of nitrogens with zero attached hydrogens (tertiary/aromatic N) is 3. The number of rotatable bonds is 4. The molecule has 0 bridgehead atoms. The zero-order valence-corrected chi connectivity index (χ0v) is 17.7. The first kappa shape index (κ1) is 20.1. The molecule has 6 heteroatoms. The van der Waals surface area contributed by atoms with Crippen LogP contribution in [-0.4, -0.2) is 45.0 Å². The van der Waals surface area contributed by atoms with Crippen LogP contribution in [0, 0.1) is 6.92 Å². The van der Waals surface area contributed by atoms with Crippen LogP contribution in [0.25, 0.3) is 16.7 Å². The predicted molar refractivity (Wildman–Crippen MR) is 116 cm³/mol. The summed E-state index contributed by atoms with van der Waals surface area (Å²) in [5.41, 5.74) is 3.05. The molecule has 1 aliphatic heterocycles. The van der Waals surface area contributed by atoms with Crippen LogP contribution >= 0.6 is 0 Å². The fraction of sp³-hybridized carbons (Fsp3) is 0.375. The second kappa shape index (κ2) is 8.30. The van der Waals surface area contributed by atoms with Crippen molar-refractivity contribution >= 4 is 22.9 Å². The van der Waals surface area contributed by atoms with Gasteiger partial charge in [0, 0.05) is 17.8 Å². The molecule has 1 amide bonds. The SMILES string of the molecule is Cc1nc2cc(C(=O)OCC(=O)N3C(C)CCCC3C)ccc2n1-c1ccccc1. The maximum Gasteiger partial charge on any atom is 0.338 e. The van der Waals surface area contributed by atoms with Gasteiger partial charge in [0.2, 0.25) is 0 Å². The van der Waals surface area contributed by atoms with E-state index in [4.69, 9.17) is 4.74 Å². The van der Waals surface area contributed by atoms with Crippen LogP contribution in [0.4, 0.5) is 0 Å². The van der Waals surface area contributed by atoms with Crippen molar-refractivity contribution in [3.05, 3.63) is 59.9 Å². The molecule has 1 aliphatic rings. The minimum absolute atomic E-state index is 0.131. The van der Waals surface area contributed by atoms with Crippen LogP contribution in [0.2, 0.25) is 0 Å². The third-order valence-corrected chi connectivity index (χ3v) is 5.88. The number of para-hydroxylation sites is 1. The van der Waals surface area contributed by atoms with E-state index >= 15 is 0 Å². The number of aromatic nitrogens is 2. The summed E-state index contributed by atoms with van der Waals surface area (Å²) in [6.45, 7) is 5.80. The van der Waals surface area contributed by atoms with Crippen molar-refractivity contribution in [1.29, 1.82) is 0 Å². The molecule has 1 aromatic heterocycles. The lowest BCUT2D eigenvalue weighted by atomic mass is 9.97. The van der Waals surface area contributed by atoms with Gasteiger partial charge in [0.1, 0.15) is 5.82 Å². The number of imidazole rings is 1. The number of aryl methyl sites for hydroxylation is 1. The number of fused-ring (bicyclic) bond motifs is 1. The molecule has 0 N–H and O–H groups in total. The normalized spacial score (nSPS) is 19.1. The first-order valence-corrected chi connectivity index (χ1v) is 10.5. The maximum atomic E-state index is 12.6. The van der Waals surface area contributed by atoms with Gasteiger partial charge in [0.25, 0.3) is 5.91 Å². The summed E-state index contributed by atoms with van der Waals surface area (Å²) in [4.78, 5) is 31.6. The fourth-order valence-electron chi connectivity index (χ4n) is 4.43. The maximum absolute atomic E-state index is 12.6. The Labute approximate surface area is 176 Å². The van der Waals surface area contributed by atoms with E-state index in [9.17, 15) is 9.59 Å². The second-order valence-electron chi connectivity index (χ2n) is 8.04. The Morgan fingerprint density at radius 3 is 2.47 bits per heavy atom. The molecule has 2 aromatic carbocycles. The molecule has 30 heavy (non-hydrogen) atoms. The first-order chi connectivity index (χ1) is 14.5. The van der Waals surface area contributed by atoms with Crippen molar-refractivity contribution < 1.29 is 14.3 Å². The molecule has 2 unspecified atom stereocenters. The van der Waals surface area contributed by atoms with Gasteiger partial charge in [-0.3, -0.25) is 9.36 Å². The summed E-state index contributed by atoms with van der Waals surface area (Å²) < 4.78 is 7.39. The second-order valence-corrected chi connectivity index (χ2v) is 8.04. The molecule has 156 valence electrons. The van der Waals surface area contributed by atoms with Crippen LogP contribution in [0.1, 0.15) is 49.3 Å². The predicted octanol–water partition coefficient (Wildman–Crippen LogP) is 4.28. The van der Waals surface area contributed by atoms with E-state index in [0.717, 1.165) is 41.8 Å². The van der Waals surface area contributed by atoms with Crippen molar-refractivity contribution in [2.75, 3.05) is 6.61 Å². The highest BCUT2D eigenvalue weighted by Crippen LogP contribution is 2.24. The lowest BCUT2D eigenvalue weighted by molar-refractivity contribution is -0.140. The minimum atomic E-state index is -0.505. The number of carbonyl (C=O) groups excluding carboxylic acids is 2. The van der Waals surface area contributed by atoms with E-state index in [-0.39, 0.29) is 24.6 Å². The quantitative estimate of drug-likeness (QED) is 0.608. The molecule has 0 radical (unpaired) electrons. The van der Waals surface area contributed by atoms with E-state index in [2.05, 4.69) is 18.8 Å². The number of ether oxygens (including phenoxy) is 1. The van der Waals surface area contributed by atoms with E-state index in [1.54, 1.807) is 12.1 Å². The highest BCUT2D eigenvalue weighted by atomic mass is 16.5. The highest BCUT2D eigenvalue weighted by molar-refractivity contribution is 5.95. The lowest BCUT2D eigenvalue weighted by Gasteiger charge is -2.38. The van der Waals surface area contributed by atoms with Crippen molar-refractivity contribution in [2.45, 2.75) is 52.1 Å². The van der Waals surface area contributed by atoms with Crippen molar-refractivity contribution in [3.8, 4) is 5.69 Å². The zero-order chi connectivity index (χ0) is 21.3. The van der Waals surface area contributed by atoms with Gasteiger partial charge in [0.15, 0.2) is 6.61 Å². The van der Waals surface area contributed by atoms with Gasteiger partial charge in [-0.2, -0.15) is 0 Å². The molecule has 2 heterocycles. The van der Waals surface area contributed by atoms with Gasteiger partial charge in [0.05, 0.1) is 16.6 Å². The number of hydrogen-bond acceptors (Lipinski definition) is 4. The fourth-order valence-corrected chi connectivity index (χ4v) is 4.43. The Kier molecular flexibility index (Phi) is 5.57. The molecular formula is C24H27N3O3. The Balaban J connectivity index is 1.50. The van der Waals surface area contributed by atoms with Crippen molar-refractivity contribution in [2.24, 2.45) is 0 Å². The molecule has 2 atom stereocenters. The molecule has 0 saturated carbocycles. The summed E-state index contributed by atoms with van der Waals surface area (Å²) in [5.74, 6) is 0.202. The molecule has 1 fully saturated rings. The average molecular weight is 405 g/mol. The minimum Gasteiger partial charge on any atom is -0.452 e. The Hall–Kier alpha value is -3.15. The lowest BCUT2D eigenvalue weighted by Crippen LogP contribution is -2.49. The number of hydrogen-bond donors (Lipinski definition) is 0. The highest BCUT2D eigenvalue weighted by Gasteiger charge is 2.29. The topological polar surface area (TPSA) is 64.4 Å². The number of benzene rings is 2. The Morgan fingerprint density at radius 2 is 1.77 bits per heavy atom. The molecular weight excluding hydrogens is 378 g/mol. The summed E-state index contributed by atoms with van der Waals surface area (Å²) >= 11 is 0. The number of likely N-dealkylation sites (tertiary alicyclic amines) is 1. The molecule has 0 spiro atoms. The third-order valence-electron chi connectivity index (χ3n) is 5.88. The van der Waals surface area contributed by atoms with Crippen LogP contribution in [0.15, 0.2) is 48.5 Å². The number of esters is 1. The third kappa shape index (κ3) is 3.82. The van der Waals surface area contributed by atoms with Crippen molar-refractivity contribution in [3.63, 3.8) is 0 Å². The number of amides is 1. The van der Waals surface area contributed by atoms with Crippen LogP contribution in [-0.2, 0) is 9.53 Å². The standard InChI is InChI=1S/C24H27N3O3/c1-16-8-7-9-17(2)26(16)23(28)15-30-24(29)19-12-13-22-21(14-19)25-18(3)27(22)20-10-5-4-6-11-20/h4-6,10-14,16-17H,7-9,15H2,1-3H3. The first-order valence-electron chi connectivity index (χ1n) is 10.5. The van der Waals surface area contributed by atoms with E-state index in [1.165, 1.54) is 0 Å². The Morgan fingerprint density at radius 1 is 1.07 bits per heavy atom. The summed E-state index contributed by atoms with van der Waals surface area (Å²) in [6.07, 6.45) is 3.11. The summed E-state index contributed by atoms with van der Waals surface area (Å²) in [7, 11) is 0. The largest absolute Gasteiger partial charge is 0.452 e. The van der Waals surface area contributed by atoms with Gasteiger partial charge >= 0.3 is 5.97 Å². The van der Waals surface area contributed by atoms with Gasteiger partial charge in [-0.25, -0.2) is 9.78 Å². The van der Waals surface area contributed by atoms with E-state index < -0.39 is 5.97 Å². The van der Waals surface area contributed by atoms with Crippen LogP contribution < -0.4 is 0 Å². The van der Waals surface area contributed by atoms with Gasteiger partial charge in [-0.1, -0.05) is 18.2 Å². The molecule has 1 saturated heterocycles. The van der Waals surface area contributed by atoms with E-state index in [0.29, 0.717) is 5.56 Å². The smallest absolute Gasteiger partial charge is 0.338 e. The molecule has 4 rings (SSSR count). The van der Waals surface area contributed by atoms with E-state index in [1.807, 2.05) is 52.8 Å². The molecule has 3 aromatic rings. The zero-order valence-electron chi connectivity index (χ0n) is 17.7. The summed E-state index contributed by atoms with van der Waals surface area (Å²) in [6, 6.07) is 15.6. The number of piperidine rings is 1. The molecule has 6 nitrogen and oxygen atoms in total. The average Bonchev–Trinajstić information content (AvgIpc) is 3.07. The summed E-state index contributed by atoms with van der Waals surface area (Å²) in [5, 5.41) is 0. The number of carbonyl (C=O) groups is 2. The van der Waals surface area contributed by atoms with Crippen LogP contribution in [0.5, 0.6) is 0 Å². The monoisotopic (exact) mass is 405 g/mol. The van der Waals surface area contributed by atoms with Crippen LogP contribution in [0.3, 0.4) is 0 Å². The van der Waals surface area contributed by atoms with Crippen molar-refractivity contribution in [1.82, 2.24) is 14.5 Å². The van der Waals surface area contributed by atoms with Gasteiger partial charge in [-0.05, 0) is 70.4 Å². The van der Waals surface area contributed by atoms with Gasteiger partial charge < -0.3 is 9.64 Å². The molecule has 0 aliphatic carbocycles. The van der Waals surface area contributed by atoms with Gasteiger partial charge in [-0.15, -0.1) is 0 Å². The Bertz CT molecular complexity index is 1060.